The Labute approximate surface area is 210 Å². The van der Waals surface area contributed by atoms with Gasteiger partial charge in [0.1, 0.15) is 0 Å². The van der Waals surface area contributed by atoms with Crippen molar-refractivity contribution in [2.24, 2.45) is 0 Å². The minimum Gasteiger partial charge on any atom is -0.369 e. The van der Waals surface area contributed by atoms with Gasteiger partial charge in [-0.1, -0.05) is 24.8 Å². The average Bonchev–Trinajstić information content (AvgIpc) is 2.92. The molecule has 0 bridgehead atoms. The van der Waals surface area contributed by atoms with Crippen LogP contribution in [0.1, 0.15) is 5.56 Å². The second kappa shape index (κ2) is 10.5. The van der Waals surface area contributed by atoms with Gasteiger partial charge in [0.25, 0.3) is 0 Å². The number of amides is 1. The smallest absolute Gasteiger partial charge is 0.243 e. The predicted molar refractivity (Wildman–Crippen MR) is 144 cm³/mol. The summed E-state index contributed by atoms with van der Waals surface area (Å²) in [6.07, 6.45) is 4.82. The van der Waals surface area contributed by atoms with E-state index in [1.165, 1.54) is 11.8 Å². The van der Waals surface area contributed by atoms with E-state index in [1.54, 1.807) is 6.20 Å². The van der Waals surface area contributed by atoms with Crippen molar-refractivity contribution >= 4 is 34.1 Å². The number of para-hydroxylation sites is 1. The van der Waals surface area contributed by atoms with Crippen molar-refractivity contribution in [2.45, 2.75) is 6.54 Å². The molecule has 2 aromatic carbocycles. The highest BCUT2D eigenvalue weighted by molar-refractivity contribution is 5.93. The van der Waals surface area contributed by atoms with E-state index in [-0.39, 0.29) is 5.91 Å². The maximum absolute atomic E-state index is 11.5. The first-order chi connectivity index (χ1) is 17.6. The van der Waals surface area contributed by atoms with Gasteiger partial charge in [-0.15, -0.1) is 0 Å². The van der Waals surface area contributed by atoms with Crippen molar-refractivity contribution in [3.05, 3.63) is 85.2 Å². The molecule has 1 saturated heterocycles. The number of hydrogen-bond donors (Lipinski definition) is 2. The first-order valence-electron chi connectivity index (χ1n) is 12.0. The lowest BCUT2D eigenvalue weighted by Crippen LogP contribution is -2.44. The molecule has 36 heavy (non-hydrogen) atoms. The lowest BCUT2D eigenvalue weighted by Gasteiger charge is -2.34. The van der Waals surface area contributed by atoms with Crippen LogP contribution in [0.25, 0.3) is 22.2 Å². The van der Waals surface area contributed by atoms with Gasteiger partial charge in [0.2, 0.25) is 11.9 Å². The number of piperazine rings is 1. The first kappa shape index (κ1) is 23.4. The fourth-order valence-corrected chi connectivity index (χ4v) is 4.26. The topological polar surface area (TPSA) is 86.3 Å². The number of benzene rings is 2. The zero-order chi connectivity index (χ0) is 24.9. The number of pyridine rings is 1. The molecular formula is C28H29N7O. The zero-order valence-electron chi connectivity index (χ0n) is 20.3. The number of rotatable bonds is 7. The summed E-state index contributed by atoms with van der Waals surface area (Å²) in [6.45, 7) is 8.12. The van der Waals surface area contributed by atoms with Crippen molar-refractivity contribution in [2.75, 3.05) is 43.4 Å². The Morgan fingerprint density at radius 2 is 1.86 bits per heavy atom. The quantitative estimate of drug-likeness (QED) is 0.388. The van der Waals surface area contributed by atoms with Gasteiger partial charge in [-0.2, -0.15) is 0 Å². The lowest BCUT2D eigenvalue weighted by atomic mass is 10.1. The van der Waals surface area contributed by atoms with Crippen LogP contribution in [-0.2, 0) is 11.3 Å². The molecule has 4 aromatic rings. The van der Waals surface area contributed by atoms with Crippen molar-refractivity contribution in [1.29, 1.82) is 0 Å². The molecule has 1 amide bonds. The third-order valence-electron chi connectivity index (χ3n) is 6.36. The lowest BCUT2D eigenvalue weighted by molar-refractivity contribution is -0.116. The highest BCUT2D eigenvalue weighted by atomic mass is 16.1. The summed E-state index contributed by atoms with van der Waals surface area (Å²) in [5.74, 6) is 0.315. The molecule has 2 aromatic heterocycles. The molecule has 1 aliphatic heterocycles. The SMILES string of the molecule is C=CC(=O)NCc1ccnc(-c2cccc3cnc(Nc4ccc(N5CCN(C)CC5)cc4)nc23)c1. The second-order valence-corrected chi connectivity index (χ2v) is 8.87. The first-order valence-corrected chi connectivity index (χ1v) is 12.0. The van der Waals surface area contributed by atoms with Gasteiger partial charge in [-0.25, -0.2) is 9.97 Å². The summed E-state index contributed by atoms with van der Waals surface area (Å²) in [5, 5.41) is 7.06. The molecule has 0 aliphatic carbocycles. The van der Waals surface area contributed by atoms with Crippen LogP contribution in [0.4, 0.5) is 17.3 Å². The number of nitrogens with zero attached hydrogens (tertiary/aromatic N) is 5. The average molecular weight is 480 g/mol. The normalized spacial score (nSPS) is 14.0. The summed E-state index contributed by atoms with van der Waals surface area (Å²) >= 11 is 0. The molecule has 2 N–H and O–H groups in total. The Morgan fingerprint density at radius 3 is 2.64 bits per heavy atom. The summed E-state index contributed by atoms with van der Waals surface area (Å²) in [5.41, 5.74) is 5.60. The van der Waals surface area contributed by atoms with Gasteiger partial charge < -0.3 is 20.4 Å². The van der Waals surface area contributed by atoms with Crippen LogP contribution >= 0.6 is 0 Å². The second-order valence-electron chi connectivity index (χ2n) is 8.87. The minimum atomic E-state index is -0.210. The van der Waals surface area contributed by atoms with E-state index in [2.05, 4.69) is 68.3 Å². The standard InChI is InChI=1S/C28H29N7O/c1-3-26(36)30-18-20-11-12-29-25(17-20)24-6-4-5-21-19-31-28(33-27(21)24)32-22-7-9-23(10-8-22)35-15-13-34(2)14-16-35/h3-12,17,19H,1,13-16,18H2,2H3,(H,30,36)(H,31,32,33). The maximum atomic E-state index is 11.5. The van der Waals surface area contributed by atoms with Crippen molar-refractivity contribution in [1.82, 2.24) is 25.2 Å². The highest BCUT2D eigenvalue weighted by Gasteiger charge is 2.14. The number of anilines is 3. The van der Waals surface area contributed by atoms with Crippen molar-refractivity contribution in [3.8, 4) is 11.3 Å². The molecule has 8 heteroatoms. The molecule has 0 radical (unpaired) electrons. The third-order valence-corrected chi connectivity index (χ3v) is 6.36. The van der Waals surface area contributed by atoms with Gasteiger partial charge in [0, 0.05) is 67.4 Å². The molecule has 0 spiro atoms. The zero-order valence-corrected chi connectivity index (χ0v) is 20.3. The monoisotopic (exact) mass is 479 g/mol. The maximum Gasteiger partial charge on any atom is 0.243 e. The predicted octanol–water partition coefficient (Wildman–Crippen LogP) is 3.99. The Balaban J connectivity index is 1.37. The van der Waals surface area contributed by atoms with E-state index in [0.29, 0.717) is 12.5 Å². The van der Waals surface area contributed by atoms with Crippen LogP contribution < -0.4 is 15.5 Å². The molecule has 1 fully saturated rings. The van der Waals surface area contributed by atoms with Crippen LogP contribution in [0.2, 0.25) is 0 Å². The third kappa shape index (κ3) is 5.34. The van der Waals surface area contributed by atoms with Crippen LogP contribution in [0.3, 0.4) is 0 Å². The van der Waals surface area contributed by atoms with E-state index in [4.69, 9.17) is 4.98 Å². The Hall–Kier alpha value is -4.30. The Kier molecular flexibility index (Phi) is 6.86. The van der Waals surface area contributed by atoms with Gasteiger partial charge in [0.05, 0.1) is 11.2 Å². The van der Waals surface area contributed by atoms with Gasteiger partial charge in [-0.3, -0.25) is 9.78 Å². The van der Waals surface area contributed by atoms with Crippen LogP contribution in [0, 0.1) is 0 Å². The summed E-state index contributed by atoms with van der Waals surface area (Å²) in [6, 6.07) is 18.2. The molecule has 5 rings (SSSR count). The Morgan fingerprint density at radius 1 is 1.06 bits per heavy atom. The number of carbonyl (C=O) groups is 1. The van der Waals surface area contributed by atoms with E-state index in [1.807, 2.05) is 36.5 Å². The molecule has 182 valence electrons. The van der Waals surface area contributed by atoms with Crippen LogP contribution in [0.15, 0.2) is 79.6 Å². The number of likely N-dealkylation sites (N-methyl/N-ethyl adjacent to an activating group) is 1. The largest absolute Gasteiger partial charge is 0.369 e. The fraction of sp³-hybridized carbons (Fsp3) is 0.214. The summed E-state index contributed by atoms with van der Waals surface area (Å²) < 4.78 is 0. The number of fused-ring (bicyclic) bond motifs is 1. The molecule has 0 saturated carbocycles. The van der Waals surface area contributed by atoms with Gasteiger partial charge in [0.15, 0.2) is 0 Å². The number of aromatic nitrogens is 3. The molecular weight excluding hydrogens is 450 g/mol. The molecule has 0 unspecified atom stereocenters. The van der Waals surface area contributed by atoms with E-state index < -0.39 is 0 Å². The van der Waals surface area contributed by atoms with Gasteiger partial charge >= 0.3 is 0 Å². The van der Waals surface area contributed by atoms with Crippen LogP contribution in [-0.4, -0.2) is 59.0 Å². The molecule has 8 nitrogen and oxygen atoms in total. The number of carbonyl (C=O) groups excluding carboxylic acids is 1. The van der Waals surface area contributed by atoms with Crippen molar-refractivity contribution in [3.63, 3.8) is 0 Å². The summed E-state index contributed by atoms with van der Waals surface area (Å²) in [4.78, 5) is 30.2. The van der Waals surface area contributed by atoms with E-state index in [9.17, 15) is 4.79 Å². The van der Waals surface area contributed by atoms with Crippen LogP contribution in [0.5, 0.6) is 0 Å². The van der Waals surface area contributed by atoms with Gasteiger partial charge in [-0.05, 0) is 55.1 Å². The summed E-state index contributed by atoms with van der Waals surface area (Å²) in [7, 11) is 2.16. The molecule has 1 aliphatic rings. The fourth-order valence-electron chi connectivity index (χ4n) is 4.26. The highest BCUT2D eigenvalue weighted by Crippen LogP contribution is 2.28. The number of nitrogens with one attached hydrogen (secondary N) is 2. The molecule has 0 atom stereocenters. The van der Waals surface area contributed by atoms with E-state index >= 15 is 0 Å². The van der Waals surface area contributed by atoms with Crippen molar-refractivity contribution < 1.29 is 4.79 Å². The molecule has 3 heterocycles. The minimum absolute atomic E-state index is 0.210. The Bertz CT molecular complexity index is 1380. The number of hydrogen-bond acceptors (Lipinski definition) is 7. The van der Waals surface area contributed by atoms with E-state index in [0.717, 1.165) is 59.6 Å².